The molecule has 2 nitrogen and oxygen atoms in total. The minimum atomic E-state index is 0. The van der Waals surface area contributed by atoms with Gasteiger partial charge >= 0.3 is 50.1 Å². The Hall–Kier alpha value is 1.60. The summed E-state index contributed by atoms with van der Waals surface area (Å²) in [6.07, 6.45) is 0. The first-order valence-corrected chi connectivity index (χ1v) is 0. The van der Waals surface area contributed by atoms with Crippen molar-refractivity contribution in [3.63, 3.8) is 0 Å². The molecule has 0 bridgehead atoms. The monoisotopic (exact) mass is 242 g/mol. The van der Waals surface area contributed by atoms with E-state index in [1.54, 1.807) is 0 Å². The van der Waals surface area contributed by atoms with Crippen LogP contribution in [0.1, 0.15) is 0 Å². The molecule has 0 saturated heterocycles. The standard InChI is InChI=1S/2O.Sn.Zr/q2*-2;2*+4. The van der Waals surface area contributed by atoms with Crippen molar-refractivity contribution >= 4 is 23.9 Å². The topological polar surface area (TPSA) is 57.0 Å². The Balaban J connectivity index is 0. The molecule has 0 aliphatic heterocycles. The van der Waals surface area contributed by atoms with E-state index in [0.29, 0.717) is 0 Å². The van der Waals surface area contributed by atoms with Gasteiger partial charge in [-0.1, -0.05) is 0 Å². The molecule has 16 valence electrons. The number of hydrogen-bond donors (Lipinski definition) is 0. The maximum atomic E-state index is 0. The second kappa shape index (κ2) is 23.3. The molecule has 0 N–H and O–H groups in total. The van der Waals surface area contributed by atoms with E-state index in [1.165, 1.54) is 0 Å². The summed E-state index contributed by atoms with van der Waals surface area (Å²) in [6.45, 7) is 0. The minimum Gasteiger partial charge on any atom is -2.00 e. The summed E-state index contributed by atoms with van der Waals surface area (Å²) < 4.78 is 0. The molecule has 4 heteroatoms. The molecule has 0 aromatic heterocycles. The molecule has 4 heavy (non-hydrogen) atoms. The Morgan fingerprint density at radius 2 is 0.750 bits per heavy atom. The third-order valence-electron chi connectivity index (χ3n) is 0. The molecule has 0 spiro atoms. The van der Waals surface area contributed by atoms with Crippen molar-refractivity contribution in [2.75, 3.05) is 0 Å². The van der Waals surface area contributed by atoms with E-state index >= 15 is 0 Å². The molecule has 0 atom stereocenters. The van der Waals surface area contributed by atoms with Gasteiger partial charge in [0.1, 0.15) is 0 Å². The van der Waals surface area contributed by atoms with Gasteiger partial charge in [-0.25, -0.2) is 0 Å². The van der Waals surface area contributed by atoms with Gasteiger partial charge in [-0.15, -0.1) is 0 Å². The Kier molecular flexibility index (Phi) is 269. The van der Waals surface area contributed by atoms with E-state index in [1.807, 2.05) is 0 Å². The molecular formula is O2SnZr+4. The van der Waals surface area contributed by atoms with Crippen molar-refractivity contribution in [2.45, 2.75) is 0 Å². The SMILES string of the molecule is [O-2].[O-2].[Sn+4].[Zr+4]. The molecule has 0 aliphatic carbocycles. The van der Waals surface area contributed by atoms with Crippen LogP contribution < -0.4 is 0 Å². The van der Waals surface area contributed by atoms with Crippen molar-refractivity contribution in [1.82, 2.24) is 0 Å². The van der Waals surface area contributed by atoms with Gasteiger partial charge in [0.05, 0.1) is 0 Å². The summed E-state index contributed by atoms with van der Waals surface area (Å²) in [5.41, 5.74) is 0. The molecule has 0 aliphatic rings. The van der Waals surface area contributed by atoms with Crippen molar-refractivity contribution < 1.29 is 37.2 Å². The summed E-state index contributed by atoms with van der Waals surface area (Å²) in [6, 6.07) is 0. The predicted molar refractivity (Wildman–Crippen MR) is 7.13 cm³/mol. The third kappa shape index (κ3) is 9.50. The van der Waals surface area contributed by atoms with Crippen molar-refractivity contribution in [2.24, 2.45) is 0 Å². The van der Waals surface area contributed by atoms with Crippen molar-refractivity contribution in [3.8, 4) is 0 Å². The quantitative estimate of drug-likeness (QED) is 0.508. The van der Waals surface area contributed by atoms with Crippen LogP contribution in [0.3, 0.4) is 0 Å². The minimum absolute atomic E-state index is 0. The molecule has 0 rings (SSSR count). The van der Waals surface area contributed by atoms with Gasteiger partial charge in [0.25, 0.3) is 0 Å². The first-order chi connectivity index (χ1) is 0. The van der Waals surface area contributed by atoms with Crippen LogP contribution in [-0.2, 0) is 37.2 Å². The molecule has 0 aromatic rings. The predicted octanol–water partition coefficient (Wildman–Crippen LogP) is -0.621. The van der Waals surface area contributed by atoms with E-state index in [9.17, 15) is 0 Å². The first kappa shape index (κ1) is 46.2. The molecule has 0 saturated carbocycles. The normalized spacial score (nSPS) is 0. The van der Waals surface area contributed by atoms with Crippen LogP contribution >= 0.6 is 0 Å². The summed E-state index contributed by atoms with van der Waals surface area (Å²) in [5, 5.41) is 0. The fraction of sp³-hybridized carbons (Fsp3) is 0. The molecule has 0 unspecified atom stereocenters. The Morgan fingerprint density at radius 3 is 0.750 bits per heavy atom. The van der Waals surface area contributed by atoms with Gasteiger partial charge in [-0.05, 0) is 0 Å². The van der Waals surface area contributed by atoms with E-state index in [4.69, 9.17) is 0 Å². The van der Waals surface area contributed by atoms with Crippen LogP contribution in [0.15, 0.2) is 0 Å². The Labute approximate surface area is 60.7 Å². The molecule has 0 fully saturated rings. The van der Waals surface area contributed by atoms with Gasteiger partial charge < -0.3 is 11.0 Å². The average Bonchev–Trinajstić information content (AvgIpc) is 0. The van der Waals surface area contributed by atoms with Gasteiger partial charge in [-0.3, -0.25) is 0 Å². The van der Waals surface area contributed by atoms with Crippen LogP contribution in [0.25, 0.3) is 0 Å². The smallest absolute Gasteiger partial charge is 2.00 e. The first-order valence-electron chi connectivity index (χ1n) is 0. The van der Waals surface area contributed by atoms with Crippen LogP contribution in [-0.4, -0.2) is 23.9 Å². The fourth-order valence-electron chi connectivity index (χ4n) is 0. The van der Waals surface area contributed by atoms with Gasteiger partial charge in [0.2, 0.25) is 0 Å². The van der Waals surface area contributed by atoms with Crippen LogP contribution in [0.4, 0.5) is 0 Å². The molecule has 0 aromatic carbocycles. The second-order valence-corrected chi connectivity index (χ2v) is 0. The van der Waals surface area contributed by atoms with Crippen LogP contribution in [0, 0.1) is 0 Å². The Bertz CT molecular complexity index is 6.00. The van der Waals surface area contributed by atoms with E-state index in [-0.39, 0.29) is 61.1 Å². The number of rotatable bonds is 0. The Morgan fingerprint density at radius 1 is 0.750 bits per heavy atom. The zero-order chi connectivity index (χ0) is 0. The molecular weight excluding hydrogens is 242 g/mol. The van der Waals surface area contributed by atoms with Crippen LogP contribution in [0.5, 0.6) is 0 Å². The maximum Gasteiger partial charge on any atom is 4.00 e. The fourth-order valence-corrected chi connectivity index (χ4v) is 0. The van der Waals surface area contributed by atoms with Crippen molar-refractivity contribution in [3.05, 3.63) is 0 Å². The van der Waals surface area contributed by atoms with Crippen molar-refractivity contribution in [1.29, 1.82) is 0 Å². The maximum absolute atomic E-state index is 0. The van der Waals surface area contributed by atoms with Crippen LogP contribution in [0.2, 0.25) is 0 Å². The van der Waals surface area contributed by atoms with Gasteiger partial charge in [0, 0.05) is 0 Å². The summed E-state index contributed by atoms with van der Waals surface area (Å²) >= 11 is 0. The van der Waals surface area contributed by atoms with E-state index in [2.05, 4.69) is 0 Å². The molecule has 0 amide bonds. The number of hydrogen-bond acceptors (Lipinski definition) is 0. The van der Waals surface area contributed by atoms with E-state index < -0.39 is 0 Å². The third-order valence-corrected chi connectivity index (χ3v) is 0. The zero-order valence-electron chi connectivity index (χ0n) is 1.82. The summed E-state index contributed by atoms with van der Waals surface area (Å²) in [4.78, 5) is 0. The summed E-state index contributed by atoms with van der Waals surface area (Å²) in [7, 11) is 0. The molecule has 0 radical (unpaired) electrons. The second-order valence-electron chi connectivity index (χ2n) is 0. The zero-order valence-corrected chi connectivity index (χ0v) is 7.13. The summed E-state index contributed by atoms with van der Waals surface area (Å²) in [5.74, 6) is 0. The average molecular weight is 242 g/mol. The van der Waals surface area contributed by atoms with E-state index in [0.717, 1.165) is 0 Å². The van der Waals surface area contributed by atoms with Gasteiger partial charge in [0.15, 0.2) is 0 Å². The largest absolute Gasteiger partial charge is 4.00 e. The van der Waals surface area contributed by atoms with Gasteiger partial charge in [-0.2, -0.15) is 0 Å². The molecule has 0 heterocycles.